The molecule has 0 aromatic heterocycles. The van der Waals surface area contributed by atoms with Crippen molar-refractivity contribution >= 4 is 34.2 Å². The Hall–Kier alpha value is -1.02. The zero-order valence-electron chi connectivity index (χ0n) is 9.38. The van der Waals surface area contributed by atoms with Crippen LogP contribution in [-0.4, -0.2) is 9.83 Å². The number of rotatable bonds is 3. The molecule has 1 amide bonds. The van der Waals surface area contributed by atoms with E-state index >= 15 is 0 Å². The van der Waals surface area contributed by atoms with Crippen LogP contribution in [-0.2, 0) is 11.2 Å². The smallest absolute Gasteiger partial charge is 0.249 e. The van der Waals surface area contributed by atoms with Crippen LogP contribution in [0, 0.1) is 19.3 Å². The molecule has 0 aliphatic carbocycles. The van der Waals surface area contributed by atoms with Crippen LogP contribution >= 0.6 is 22.6 Å². The Balaban J connectivity index is 2.97. The normalized spacial score (nSPS) is 11.6. The van der Waals surface area contributed by atoms with Gasteiger partial charge in [-0.1, -0.05) is 53.6 Å². The lowest BCUT2D eigenvalue weighted by atomic mass is 10.1. The Morgan fingerprint density at radius 2 is 2.31 bits per heavy atom. The van der Waals surface area contributed by atoms with E-state index in [1.165, 1.54) is 0 Å². The summed E-state index contributed by atoms with van der Waals surface area (Å²) in [5, 5.41) is 2.89. The largest absolute Gasteiger partial charge is 0.324 e. The number of anilines is 1. The number of para-hydroxylation sites is 1. The van der Waals surface area contributed by atoms with Gasteiger partial charge in [-0.05, 0) is 24.5 Å². The van der Waals surface area contributed by atoms with Crippen LogP contribution in [0.3, 0.4) is 0 Å². The van der Waals surface area contributed by atoms with E-state index in [0.717, 1.165) is 23.2 Å². The number of terminal acetylenes is 1. The molecule has 1 unspecified atom stereocenters. The maximum Gasteiger partial charge on any atom is 0.249 e. The van der Waals surface area contributed by atoms with Crippen molar-refractivity contribution in [2.45, 2.75) is 24.2 Å². The van der Waals surface area contributed by atoms with Gasteiger partial charge in [-0.2, -0.15) is 0 Å². The molecule has 1 rings (SSSR count). The number of hydrogen-bond donors (Lipinski definition) is 1. The van der Waals surface area contributed by atoms with Crippen molar-refractivity contribution in [3.05, 3.63) is 29.3 Å². The number of carbonyl (C=O) groups is 1. The Kier molecular flexibility index (Phi) is 4.81. The predicted molar refractivity (Wildman–Crippen MR) is 75.8 cm³/mol. The van der Waals surface area contributed by atoms with Crippen LogP contribution in [0.4, 0.5) is 5.69 Å². The lowest BCUT2D eigenvalue weighted by molar-refractivity contribution is -0.114. The fourth-order valence-corrected chi connectivity index (χ4v) is 1.62. The standard InChI is InChI=1S/C13H14INO/c1-4-10-8-6-7-9(3)12(10)15-13(16)11(14)5-2/h2,6-8,11H,4H2,1,3H3,(H,15,16). The van der Waals surface area contributed by atoms with Gasteiger partial charge in [0.15, 0.2) is 3.92 Å². The van der Waals surface area contributed by atoms with E-state index in [4.69, 9.17) is 6.42 Å². The van der Waals surface area contributed by atoms with E-state index in [9.17, 15) is 4.79 Å². The third-order valence-corrected chi connectivity index (χ3v) is 3.29. The Labute approximate surface area is 110 Å². The van der Waals surface area contributed by atoms with Gasteiger partial charge in [0.2, 0.25) is 5.91 Å². The van der Waals surface area contributed by atoms with Gasteiger partial charge in [0.05, 0.1) is 0 Å². The summed E-state index contributed by atoms with van der Waals surface area (Å²) < 4.78 is -0.429. The molecule has 0 heterocycles. The topological polar surface area (TPSA) is 29.1 Å². The van der Waals surface area contributed by atoms with Crippen molar-refractivity contribution in [2.24, 2.45) is 0 Å². The molecule has 3 heteroatoms. The average Bonchev–Trinajstić information content (AvgIpc) is 2.30. The number of aryl methyl sites for hydroxylation is 2. The molecule has 1 aromatic rings. The van der Waals surface area contributed by atoms with Crippen molar-refractivity contribution in [1.29, 1.82) is 0 Å². The van der Waals surface area contributed by atoms with E-state index in [-0.39, 0.29) is 5.91 Å². The van der Waals surface area contributed by atoms with Crippen molar-refractivity contribution in [3.63, 3.8) is 0 Å². The number of benzene rings is 1. The molecule has 1 aromatic carbocycles. The molecule has 0 radical (unpaired) electrons. The van der Waals surface area contributed by atoms with Crippen molar-refractivity contribution in [1.82, 2.24) is 0 Å². The molecule has 1 atom stereocenters. The molecule has 0 aliphatic rings. The molecular weight excluding hydrogens is 313 g/mol. The Morgan fingerprint density at radius 1 is 1.62 bits per heavy atom. The number of amides is 1. The molecule has 0 saturated heterocycles. The van der Waals surface area contributed by atoms with E-state index in [0.29, 0.717) is 0 Å². The maximum atomic E-state index is 11.7. The molecule has 16 heavy (non-hydrogen) atoms. The Bertz CT molecular complexity index is 434. The molecule has 0 bridgehead atoms. The van der Waals surface area contributed by atoms with Crippen LogP contribution < -0.4 is 5.32 Å². The first-order valence-electron chi connectivity index (χ1n) is 5.09. The maximum absolute atomic E-state index is 11.7. The van der Waals surface area contributed by atoms with Crippen molar-refractivity contribution < 1.29 is 4.79 Å². The predicted octanol–water partition coefficient (Wildman–Crippen LogP) is 2.93. The SMILES string of the molecule is C#CC(I)C(=O)Nc1c(C)cccc1CC. The minimum absolute atomic E-state index is 0.132. The fraction of sp³-hybridized carbons (Fsp3) is 0.308. The summed E-state index contributed by atoms with van der Waals surface area (Å²) in [5.74, 6) is 2.28. The van der Waals surface area contributed by atoms with Crippen LogP contribution in [0.2, 0.25) is 0 Å². The summed E-state index contributed by atoms with van der Waals surface area (Å²) in [4.78, 5) is 11.7. The second-order valence-electron chi connectivity index (χ2n) is 3.48. The molecule has 0 spiro atoms. The minimum atomic E-state index is -0.429. The van der Waals surface area contributed by atoms with Crippen LogP contribution in [0.25, 0.3) is 0 Å². The molecule has 84 valence electrons. The van der Waals surface area contributed by atoms with Gasteiger partial charge in [0.25, 0.3) is 0 Å². The third kappa shape index (κ3) is 2.99. The molecule has 2 nitrogen and oxygen atoms in total. The zero-order chi connectivity index (χ0) is 12.1. The van der Waals surface area contributed by atoms with E-state index in [1.54, 1.807) is 0 Å². The van der Waals surface area contributed by atoms with Gasteiger partial charge in [0.1, 0.15) is 0 Å². The fourth-order valence-electron chi connectivity index (χ4n) is 1.46. The first kappa shape index (κ1) is 13.0. The number of alkyl halides is 1. The van der Waals surface area contributed by atoms with Crippen molar-refractivity contribution in [3.8, 4) is 12.3 Å². The summed E-state index contributed by atoms with van der Waals surface area (Å²) in [5.41, 5.74) is 3.09. The summed E-state index contributed by atoms with van der Waals surface area (Å²) in [7, 11) is 0. The summed E-state index contributed by atoms with van der Waals surface area (Å²) in [6.45, 7) is 4.04. The first-order chi connectivity index (χ1) is 7.60. The van der Waals surface area contributed by atoms with Crippen LogP contribution in [0.5, 0.6) is 0 Å². The highest BCUT2D eigenvalue weighted by atomic mass is 127. The highest BCUT2D eigenvalue weighted by molar-refractivity contribution is 14.1. The highest BCUT2D eigenvalue weighted by Crippen LogP contribution is 2.21. The quantitative estimate of drug-likeness (QED) is 0.516. The number of carbonyl (C=O) groups excluding carboxylic acids is 1. The van der Waals surface area contributed by atoms with Crippen LogP contribution in [0.15, 0.2) is 18.2 Å². The Morgan fingerprint density at radius 3 is 2.88 bits per heavy atom. The van der Waals surface area contributed by atoms with E-state index < -0.39 is 3.92 Å². The number of nitrogens with one attached hydrogen (secondary N) is 1. The lowest BCUT2D eigenvalue weighted by Crippen LogP contribution is -2.22. The second-order valence-corrected chi connectivity index (χ2v) is 4.73. The van der Waals surface area contributed by atoms with Crippen molar-refractivity contribution in [2.75, 3.05) is 5.32 Å². The molecule has 1 N–H and O–H groups in total. The number of hydrogen-bond acceptors (Lipinski definition) is 1. The molecular formula is C13H14INO. The van der Waals surface area contributed by atoms with Gasteiger partial charge in [-0.3, -0.25) is 4.79 Å². The highest BCUT2D eigenvalue weighted by Gasteiger charge is 2.14. The van der Waals surface area contributed by atoms with E-state index in [1.807, 2.05) is 47.7 Å². The molecule has 0 fully saturated rings. The van der Waals surface area contributed by atoms with Gasteiger partial charge >= 0.3 is 0 Å². The van der Waals surface area contributed by atoms with Gasteiger partial charge < -0.3 is 5.32 Å². The monoisotopic (exact) mass is 327 g/mol. The number of halogens is 1. The average molecular weight is 327 g/mol. The zero-order valence-corrected chi connectivity index (χ0v) is 11.5. The van der Waals surface area contributed by atoms with Gasteiger partial charge in [0, 0.05) is 5.69 Å². The molecule has 0 saturated carbocycles. The summed E-state index contributed by atoms with van der Waals surface area (Å²) in [6, 6.07) is 5.99. The second kappa shape index (κ2) is 5.90. The lowest BCUT2D eigenvalue weighted by Gasteiger charge is -2.13. The summed E-state index contributed by atoms with van der Waals surface area (Å²) in [6.07, 6.45) is 6.11. The minimum Gasteiger partial charge on any atom is -0.324 e. The van der Waals surface area contributed by atoms with Crippen LogP contribution in [0.1, 0.15) is 18.1 Å². The van der Waals surface area contributed by atoms with Gasteiger partial charge in [-0.15, -0.1) is 6.42 Å². The summed E-state index contributed by atoms with van der Waals surface area (Å²) >= 11 is 1.95. The van der Waals surface area contributed by atoms with Gasteiger partial charge in [-0.25, -0.2) is 0 Å². The first-order valence-corrected chi connectivity index (χ1v) is 6.34. The van der Waals surface area contributed by atoms with E-state index in [2.05, 4.69) is 18.2 Å². The molecule has 0 aliphatic heterocycles. The third-order valence-electron chi connectivity index (χ3n) is 2.36.